The van der Waals surface area contributed by atoms with Crippen LogP contribution in [0.4, 0.5) is 5.69 Å². The molecule has 0 aliphatic carbocycles. The Morgan fingerprint density at radius 2 is 1.79 bits per heavy atom. The zero-order valence-corrected chi connectivity index (χ0v) is 17.0. The first-order valence-electron chi connectivity index (χ1n) is 9.04. The van der Waals surface area contributed by atoms with Crippen LogP contribution in [0, 0.1) is 0 Å². The van der Waals surface area contributed by atoms with Gasteiger partial charge in [-0.05, 0) is 43.2 Å². The van der Waals surface area contributed by atoms with E-state index in [1.165, 1.54) is 42.8 Å². The second kappa shape index (κ2) is 8.66. The molecule has 10 heteroatoms. The van der Waals surface area contributed by atoms with Crippen LogP contribution in [0.5, 0.6) is 5.75 Å². The summed E-state index contributed by atoms with van der Waals surface area (Å²) in [6, 6.07) is 7.02. The van der Waals surface area contributed by atoms with Crippen LogP contribution in [-0.4, -0.2) is 51.9 Å². The Morgan fingerprint density at radius 1 is 1.07 bits per heavy atom. The number of sulfonamides is 1. The van der Waals surface area contributed by atoms with Crippen molar-refractivity contribution in [2.24, 2.45) is 0 Å². The van der Waals surface area contributed by atoms with Gasteiger partial charge < -0.3 is 19.2 Å². The van der Waals surface area contributed by atoms with Gasteiger partial charge in [-0.25, -0.2) is 13.2 Å². The van der Waals surface area contributed by atoms with Crippen LogP contribution in [0.2, 0.25) is 0 Å². The quantitative estimate of drug-likeness (QED) is 0.711. The third-order valence-corrected chi connectivity index (χ3v) is 6.37. The van der Waals surface area contributed by atoms with Crippen molar-refractivity contribution in [1.29, 1.82) is 0 Å². The Labute approximate surface area is 168 Å². The average molecular weight is 422 g/mol. The maximum absolute atomic E-state index is 12.7. The Balaban J connectivity index is 1.81. The summed E-state index contributed by atoms with van der Waals surface area (Å²) in [6.07, 6.45) is 2.57. The van der Waals surface area contributed by atoms with Gasteiger partial charge in [-0.2, -0.15) is 4.31 Å². The standard InChI is InChI=1S/C19H22N2O7S/c1-26-13-6-7-15(14(12-13)19(23)27-2)20-18(22)16-8-9-17(28-16)29(24,25)21-10-4-3-5-11-21/h6-9,12H,3-5,10-11H2,1-2H3,(H,20,22). The number of piperidine rings is 1. The molecule has 0 unspecified atom stereocenters. The van der Waals surface area contributed by atoms with E-state index < -0.39 is 21.9 Å². The summed E-state index contributed by atoms with van der Waals surface area (Å²) in [5.41, 5.74) is 0.271. The molecule has 2 aromatic rings. The summed E-state index contributed by atoms with van der Waals surface area (Å²) in [5, 5.41) is 2.26. The van der Waals surface area contributed by atoms with Crippen molar-refractivity contribution < 1.29 is 31.9 Å². The van der Waals surface area contributed by atoms with E-state index in [0.717, 1.165) is 19.3 Å². The first kappa shape index (κ1) is 20.9. The van der Waals surface area contributed by atoms with Crippen LogP contribution >= 0.6 is 0 Å². The van der Waals surface area contributed by atoms with Gasteiger partial charge in [0.25, 0.3) is 15.9 Å². The molecule has 0 spiro atoms. The topological polar surface area (TPSA) is 115 Å². The van der Waals surface area contributed by atoms with Crippen molar-refractivity contribution in [2.75, 3.05) is 32.6 Å². The normalized spacial score (nSPS) is 15.0. The molecule has 29 heavy (non-hydrogen) atoms. The third-order valence-electron chi connectivity index (χ3n) is 4.59. The van der Waals surface area contributed by atoms with Crippen molar-refractivity contribution in [3.63, 3.8) is 0 Å². The summed E-state index contributed by atoms with van der Waals surface area (Å²) in [5.74, 6) is -1.13. The lowest BCUT2D eigenvalue weighted by Gasteiger charge is -2.24. The van der Waals surface area contributed by atoms with Crippen molar-refractivity contribution in [1.82, 2.24) is 4.31 Å². The highest BCUT2D eigenvalue weighted by molar-refractivity contribution is 7.89. The van der Waals surface area contributed by atoms with Crippen LogP contribution in [0.25, 0.3) is 0 Å². The van der Waals surface area contributed by atoms with E-state index in [1.54, 1.807) is 6.07 Å². The van der Waals surface area contributed by atoms with E-state index in [1.807, 2.05) is 0 Å². The molecule has 1 aliphatic rings. The second-order valence-corrected chi connectivity index (χ2v) is 8.31. The van der Waals surface area contributed by atoms with E-state index in [0.29, 0.717) is 18.8 Å². The number of esters is 1. The van der Waals surface area contributed by atoms with Gasteiger partial charge in [0.2, 0.25) is 5.09 Å². The summed E-state index contributed by atoms with van der Waals surface area (Å²) in [6.45, 7) is 0.859. The van der Waals surface area contributed by atoms with Crippen LogP contribution in [-0.2, 0) is 14.8 Å². The van der Waals surface area contributed by atoms with Crippen LogP contribution in [0.15, 0.2) is 39.8 Å². The van der Waals surface area contributed by atoms with E-state index in [2.05, 4.69) is 5.32 Å². The predicted octanol–water partition coefficient (Wildman–Crippen LogP) is 2.50. The molecule has 0 saturated carbocycles. The van der Waals surface area contributed by atoms with Gasteiger partial charge in [0.15, 0.2) is 5.76 Å². The molecule has 0 bridgehead atoms. The highest BCUT2D eigenvalue weighted by Crippen LogP contribution is 2.25. The number of ether oxygens (including phenoxy) is 2. The molecular weight excluding hydrogens is 400 g/mol. The number of rotatable bonds is 6. The molecular formula is C19H22N2O7S. The van der Waals surface area contributed by atoms with Crippen molar-refractivity contribution in [3.8, 4) is 5.75 Å². The molecule has 156 valence electrons. The Hall–Kier alpha value is -2.85. The summed E-state index contributed by atoms with van der Waals surface area (Å²) >= 11 is 0. The zero-order valence-electron chi connectivity index (χ0n) is 16.1. The van der Waals surface area contributed by atoms with E-state index in [4.69, 9.17) is 13.9 Å². The lowest BCUT2D eigenvalue weighted by atomic mass is 10.1. The number of benzene rings is 1. The minimum absolute atomic E-state index is 0.0907. The lowest BCUT2D eigenvalue weighted by molar-refractivity contribution is 0.0601. The number of furan rings is 1. The fourth-order valence-corrected chi connectivity index (χ4v) is 4.46. The van der Waals surface area contributed by atoms with E-state index in [9.17, 15) is 18.0 Å². The third kappa shape index (κ3) is 4.43. The van der Waals surface area contributed by atoms with Crippen LogP contribution < -0.4 is 10.1 Å². The smallest absolute Gasteiger partial charge is 0.340 e. The van der Waals surface area contributed by atoms with Crippen molar-refractivity contribution >= 4 is 27.6 Å². The molecule has 9 nitrogen and oxygen atoms in total. The SMILES string of the molecule is COC(=O)c1cc(OC)ccc1NC(=O)c1ccc(S(=O)(=O)N2CCCCC2)o1. The van der Waals surface area contributed by atoms with E-state index >= 15 is 0 Å². The Bertz CT molecular complexity index is 1010. The first-order chi connectivity index (χ1) is 13.9. The number of hydrogen-bond acceptors (Lipinski definition) is 7. The molecule has 2 heterocycles. The lowest BCUT2D eigenvalue weighted by Crippen LogP contribution is -2.35. The fraction of sp³-hybridized carbons (Fsp3) is 0.368. The zero-order chi connectivity index (χ0) is 21.0. The summed E-state index contributed by atoms with van der Waals surface area (Å²) in [4.78, 5) is 24.5. The molecule has 1 aliphatic heterocycles. The van der Waals surface area contributed by atoms with E-state index in [-0.39, 0.29) is 22.1 Å². The molecule has 0 atom stereocenters. The van der Waals surface area contributed by atoms with Crippen molar-refractivity contribution in [3.05, 3.63) is 41.7 Å². The number of hydrogen-bond donors (Lipinski definition) is 1. The molecule has 0 radical (unpaired) electrons. The van der Waals surface area contributed by atoms with Crippen LogP contribution in [0.1, 0.15) is 40.2 Å². The molecule has 1 fully saturated rings. The number of carbonyl (C=O) groups excluding carboxylic acids is 2. The number of amides is 1. The summed E-state index contributed by atoms with van der Waals surface area (Å²) < 4.78 is 41.8. The predicted molar refractivity (Wildman–Crippen MR) is 104 cm³/mol. The number of methoxy groups -OCH3 is 2. The molecule has 3 rings (SSSR count). The van der Waals surface area contributed by atoms with Gasteiger partial charge in [0, 0.05) is 13.1 Å². The highest BCUT2D eigenvalue weighted by atomic mass is 32.2. The number of nitrogens with one attached hydrogen (secondary N) is 1. The monoisotopic (exact) mass is 422 g/mol. The van der Waals surface area contributed by atoms with Gasteiger partial charge in [-0.1, -0.05) is 6.42 Å². The Morgan fingerprint density at radius 3 is 2.45 bits per heavy atom. The molecule has 1 amide bonds. The van der Waals surface area contributed by atoms with Gasteiger partial charge in [-0.15, -0.1) is 0 Å². The molecule has 1 aromatic carbocycles. The average Bonchev–Trinajstić information content (AvgIpc) is 3.25. The molecule has 1 N–H and O–H groups in total. The fourth-order valence-electron chi connectivity index (χ4n) is 3.04. The number of nitrogens with zero attached hydrogens (tertiary/aromatic N) is 1. The Kier molecular flexibility index (Phi) is 6.23. The van der Waals surface area contributed by atoms with Gasteiger partial charge in [-0.3, -0.25) is 4.79 Å². The number of anilines is 1. The summed E-state index contributed by atoms with van der Waals surface area (Å²) in [7, 11) is -1.12. The molecule has 1 aromatic heterocycles. The van der Waals surface area contributed by atoms with Crippen LogP contribution in [0.3, 0.4) is 0 Å². The highest BCUT2D eigenvalue weighted by Gasteiger charge is 2.30. The van der Waals surface area contributed by atoms with Gasteiger partial charge in [0.05, 0.1) is 25.5 Å². The maximum Gasteiger partial charge on any atom is 0.340 e. The second-order valence-electron chi connectivity index (χ2n) is 6.44. The number of carbonyl (C=O) groups is 2. The minimum atomic E-state index is -3.79. The van der Waals surface area contributed by atoms with Crippen molar-refractivity contribution in [2.45, 2.75) is 24.4 Å². The minimum Gasteiger partial charge on any atom is -0.497 e. The van der Waals surface area contributed by atoms with Gasteiger partial charge >= 0.3 is 5.97 Å². The molecule has 1 saturated heterocycles. The first-order valence-corrected chi connectivity index (χ1v) is 10.5. The largest absolute Gasteiger partial charge is 0.497 e. The van der Waals surface area contributed by atoms with Gasteiger partial charge in [0.1, 0.15) is 5.75 Å². The maximum atomic E-state index is 12.7.